The Balaban J connectivity index is 2.53. The molecular formula is C17H22N2O2S. The average molecular weight is 318 g/mol. The van der Waals surface area contributed by atoms with Crippen LogP contribution in [0.25, 0.3) is 0 Å². The number of rotatable bonds is 5. The van der Waals surface area contributed by atoms with E-state index in [1.165, 1.54) is 10.5 Å². The monoisotopic (exact) mass is 318 g/mol. The van der Waals surface area contributed by atoms with E-state index in [1.54, 1.807) is 18.3 Å². The number of pyridine rings is 1. The van der Waals surface area contributed by atoms with E-state index in [0.717, 1.165) is 11.1 Å². The van der Waals surface area contributed by atoms with Crippen LogP contribution in [0.15, 0.2) is 47.6 Å². The van der Waals surface area contributed by atoms with E-state index in [9.17, 15) is 8.42 Å². The second kappa shape index (κ2) is 6.48. The first-order chi connectivity index (χ1) is 10.3. The number of anilines is 1. The third-order valence-corrected chi connectivity index (χ3v) is 5.31. The minimum absolute atomic E-state index is 0.216. The number of hydrogen-bond acceptors (Lipinski definition) is 3. The molecule has 118 valence electrons. The largest absolute Gasteiger partial charge is 0.266 e. The molecule has 1 aromatic carbocycles. The van der Waals surface area contributed by atoms with Crippen LogP contribution in [0.3, 0.4) is 0 Å². The molecule has 5 heteroatoms. The van der Waals surface area contributed by atoms with Gasteiger partial charge in [0, 0.05) is 18.9 Å². The zero-order chi connectivity index (χ0) is 16.3. The summed E-state index contributed by atoms with van der Waals surface area (Å²) in [5.41, 5.74) is 2.92. The lowest BCUT2D eigenvalue weighted by Gasteiger charge is -2.26. The summed E-state index contributed by atoms with van der Waals surface area (Å²) in [6.45, 7) is 8.45. The Hall–Kier alpha value is -1.88. The van der Waals surface area contributed by atoms with E-state index in [0.29, 0.717) is 12.2 Å². The highest BCUT2D eigenvalue weighted by atomic mass is 32.2. The van der Waals surface area contributed by atoms with Gasteiger partial charge in [-0.3, -0.25) is 9.29 Å². The molecule has 0 bridgehead atoms. The van der Waals surface area contributed by atoms with E-state index in [1.807, 2.05) is 45.9 Å². The van der Waals surface area contributed by atoms with Crippen LogP contribution in [0.2, 0.25) is 0 Å². The number of aryl methyl sites for hydroxylation is 2. The summed E-state index contributed by atoms with van der Waals surface area (Å²) >= 11 is 0. The van der Waals surface area contributed by atoms with Crippen LogP contribution in [0, 0.1) is 19.8 Å². The average Bonchev–Trinajstić information content (AvgIpc) is 2.48. The van der Waals surface area contributed by atoms with E-state index in [-0.39, 0.29) is 10.8 Å². The summed E-state index contributed by atoms with van der Waals surface area (Å²) in [7, 11) is -3.61. The number of benzene rings is 1. The first-order valence-electron chi connectivity index (χ1n) is 7.32. The van der Waals surface area contributed by atoms with Gasteiger partial charge in [0.25, 0.3) is 10.0 Å². The molecular weight excluding hydrogens is 296 g/mol. The number of aromatic nitrogens is 1. The van der Waals surface area contributed by atoms with Crippen molar-refractivity contribution in [3.8, 4) is 0 Å². The van der Waals surface area contributed by atoms with Gasteiger partial charge >= 0.3 is 0 Å². The van der Waals surface area contributed by atoms with E-state index < -0.39 is 10.0 Å². The van der Waals surface area contributed by atoms with Crippen molar-refractivity contribution in [3.63, 3.8) is 0 Å². The van der Waals surface area contributed by atoms with Gasteiger partial charge in [0.2, 0.25) is 0 Å². The summed E-state index contributed by atoms with van der Waals surface area (Å²) < 4.78 is 27.4. The lowest BCUT2D eigenvalue weighted by atomic mass is 10.1. The fourth-order valence-electron chi connectivity index (χ4n) is 2.18. The SMILES string of the molecule is Cc1ccc(N(CC(C)C)S(=O)(=O)c2cccnc2)cc1C. The fraction of sp³-hybridized carbons (Fsp3) is 0.353. The topological polar surface area (TPSA) is 50.3 Å². The maximum atomic E-state index is 13.0. The van der Waals surface area contributed by atoms with Gasteiger partial charge in [0.15, 0.2) is 0 Å². The highest BCUT2D eigenvalue weighted by molar-refractivity contribution is 7.92. The molecule has 0 saturated heterocycles. The van der Waals surface area contributed by atoms with Gasteiger partial charge in [0.1, 0.15) is 4.90 Å². The zero-order valence-electron chi connectivity index (χ0n) is 13.4. The smallest absolute Gasteiger partial charge is 0.265 e. The molecule has 0 radical (unpaired) electrons. The van der Waals surface area contributed by atoms with Crippen molar-refractivity contribution >= 4 is 15.7 Å². The standard InChI is InChI=1S/C17H22N2O2S/c1-13(2)12-19(16-8-7-14(3)15(4)10-16)22(20,21)17-6-5-9-18-11-17/h5-11,13H,12H2,1-4H3. The summed E-state index contributed by atoms with van der Waals surface area (Å²) in [6, 6.07) is 8.96. The molecule has 2 rings (SSSR count). The van der Waals surface area contributed by atoms with Crippen molar-refractivity contribution in [1.29, 1.82) is 0 Å². The van der Waals surface area contributed by atoms with Crippen LogP contribution < -0.4 is 4.31 Å². The number of sulfonamides is 1. The third kappa shape index (κ3) is 3.47. The Morgan fingerprint density at radius 2 is 1.86 bits per heavy atom. The zero-order valence-corrected chi connectivity index (χ0v) is 14.3. The molecule has 0 aliphatic carbocycles. The lowest BCUT2D eigenvalue weighted by Crippen LogP contribution is -2.34. The maximum Gasteiger partial charge on any atom is 0.265 e. The van der Waals surface area contributed by atoms with Crippen LogP contribution in [-0.2, 0) is 10.0 Å². The molecule has 4 nitrogen and oxygen atoms in total. The molecule has 0 saturated carbocycles. The van der Waals surface area contributed by atoms with Crippen molar-refractivity contribution in [1.82, 2.24) is 4.98 Å². The number of hydrogen-bond donors (Lipinski definition) is 0. The van der Waals surface area contributed by atoms with Crippen molar-refractivity contribution in [2.75, 3.05) is 10.8 Å². The summed E-state index contributed by atoms with van der Waals surface area (Å²) in [5, 5.41) is 0. The van der Waals surface area contributed by atoms with Crippen LogP contribution >= 0.6 is 0 Å². The molecule has 1 aromatic heterocycles. The fourth-order valence-corrected chi connectivity index (χ4v) is 3.77. The van der Waals surface area contributed by atoms with Gasteiger partial charge in [-0.05, 0) is 55.2 Å². The van der Waals surface area contributed by atoms with Crippen LogP contribution in [0.4, 0.5) is 5.69 Å². The Morgan fingerprint density at radius 1 is 1.14 bits per heavy atom. The first kappa shape index (κ1) is 16.5. The van der Waals surface area contributed by atoms with Gasteiger partial charge in [0.05, 0.1) is 5.69 Å². The molecule has 0 fully saturated rings. The quantitative estimate of drug-likeness (QED) is 0.847. The maximum absolute atomic E-state index is 13.0. The van der Waals surface area contributed by atoms with Gasteiger partial charge in [-0.15, -0.1) is 0 Å². The minimum atomic E-state index is -3.61. The van der Waals surface area contributed by atoms with Crippen LogP contribution in [0.1, 0.15) is 25.0 Å². The molecule has 0 unspecified atom stereocenters. The summed E-state index contributed by atoms with van der Waals surface area (Å²) in [6.07, 6.45) is 2.96. The van der Waals surface area contributed by atoms with Crippen molar-refractivity contribution in [2.45, 2.75) is 32.6 Å². The summed E-state index contributed by atoms with van der Waals surface area (Å²) in [5.74, 6) is 0.216. The molecule has 0 spiro atoms. The molecule has 0 amide bonds. The summed E-state index contributed by atoms with van der Waals surface area (Å²) in [4.78, 5) is 4.15. The molecule has 2 aromatic rings. The van der Waals surface area contributed by atoms with Crippen LogP contribution in [0.5, 0.6) is 0 Å². The molecule has 1 heterocycles. The van der Waals surface area contributed by atoms with Gasteiger partial charge in [-0.1, -0.05) is 19.9 Å². The third-order valence-electron chi connectivity index (χ3n) is 3.53. The van der Waals surface area contributed by atoms with Crippen molar-refractivity contribution < 1.29 is 8.42 Å². The molecule has 22 heavy (non-hydrogen) atoms. The van der Waals surface area contributed by atoms with E-state index >= 15 is 0 Å². The molecule has 0 aliphatic rings. The predicted octanol–water partition coefficient (Wildman–Crippen LogP) is 3.55. The number of nitrogens with zero attached hydrogens (tertiary/aromatic N) is 2. The van der Waals surface area contributed by atoms with E-state index in [4.69, 9.17) is 0 Å². The second-order valence-corrected chi connectivity index (χ2v) is 7.75. The van der Waals surface area contributed by atoms with Gasteiger partial charge < -0.3 is 0 Å². The Labute approximate surface area is 132 Å². The first-order valence-corrected chi connectivity index (χ1v) is 8.76. The Kier molecular flexibility index (Phi) is 4.86. The normalized spacial score (nSPS) is 11.7. The highest BCUT2D eigenvalue weighted by Crippen LogP contribution is 2.26. The molecule has 0 N–H and O–H groups in total. The molecule has 0 atom stereocenters. The lowest BCUT2D eigenvalue weighted by molar-refractivity contribution is 0.577. The second-order valence-electron chi connectivity index (χ2n) is 5.89. The Bertz CT molecular complexity index is 741. The highest BCUT2D eigenvalue weighted by Gasteiger charge is 2.26. The van der Waals surface area contributed by atoms with Crippen molar-refractivity contribution in [2.24, 2.45) is 5.92 Å². The predicted molar refractivity (Wildman–Crippen MR) is 89.5 cm³/mol. The Morgan fingerprint density at radius 3 is 2.41 bits per heavy atom. The van der Waals surface area contributed by atoms with Crippen molar-refractivity contribution in [3.05, 3.63) is 53.9 Å². The molecule has 0 aliphatic heterocycles. The van der Waals surface area contributed by atoms with E-state index in [2.05, 4.69) is 4.98 Å². The van der Waals surface area contributed by atoms with Gasteiger partial charge in [-0.25, -0.2) is 8.42 Å². The van der Waals surface area contributed by atoms with Gasteiger partial charge in [-0.2, -0.15) is 0 Å². The minimum Gasteiger partial charge on any atom is -0.266 e. The van der Waals surface area contributed by atoms with Crippen LogP contribution in [-0.4, -0.2) is 19.9 Å².